The van der Waals surface area contributed by atoms with E-state index in [-0.39, 0.29) is 17.9 Å². The smallest absolute Gasteiger partial charge is 0.265 e. The molecule has 0 saturated heterocycles. The number of nitrogens with one attached hydrogen (secondary N) is 2. The highest BCUT2D eigenvalue weighted by Crippen LogP contribution is 2.30. The Morgan fingerprint density at radius 2 is 2.26 bits per heavy atom. The first-order valence-corrected chi connectivity index (χ1v) is 6.43. The van der Waals surface area contributed by atoms with Gasteiger partial charge in [0.05, 0.1) is 5.69 Å². The van der Waals surface area contributed by atoms with E-state index in [4.69, 9.17) is 4.74 Å². The number of rotatable bonds is 3. The lowest BCUT2D eigenvalue weighted by Crippen LogP contribution is -2.35. The highest BCUT2D eigenvalue weighted by molar-refractivity contribution is 6.00. The van der Waals surface area contributed by atoms with Crippen LogP contribution in [0.25, 0.3) is 0 Å². The van der Waals surface area contributed by atoms with Gasteiger partial charge in [-0.2, -0.15) is 0 Å². The number of ether oxygens (including phenoxy) is 1. The van der Waals surface area contributed by atoms with Crippen LogP contribution < -0.4 is 15.4 Å². The lowest BCUT2D eigenvalue weighted by atomic mass is 10.1. The first-order valence-electron chi connectivity index (χ1n) is 6.43. The zero-order valence-corrected chi connectivity index (χ0v) is 11.3. The minimum atomic E-state index is -0.507. The molecule has 2 unspecified atom stereocenters. The first kappa shape index (κ1) is 13.4. The number of carbonyl (C=O) groups is 2. The quantitative estimate of drug-likeness (QED) is 0.874. The molecule has 0 fully saturated rings. The van der Waals surface area contributed by atoms with Crippen LogP contribution in [0, 0.1) is 0 Å². The molecule has 2 amide bonds. The van der Waals surface area contributed by atoms with E-state index in [0.29, 0.717) is 17.0 Å². The van der Waals surface area contributed by atoms with Crippen molar-refractivity contribution in [3.05, 3.63) is 23.8 Å². The second-order valence-electron chi connectivity index (χ2n) is 4.74. The van der Waals surface area contributed by atoms with E-state index in [0.717, 1.165) is 6.42 Å². The van der Waals surface area contributed by atoms with E-state index < -0.39 is 6.10 Å². The Morgan fingerprint density at radius 1 is 1.53 bits per heavy atom. The highest BCUT2D eigenvalue weighted by atomic mass is 16.5. The van der Waals surface area contributed by atoms with Crippen LogP contribution in [0.3, 0.4) is 0 Å². The summed E-state index contributed by atoms with van der Waals surface area (Å²) in [5, 5.41) is 5.61. The zero-order chi connectivity index (χ0) is 14.0. The molecule has 0 aromatic heterocycles. The minimum Gasteiger partial charge on any atom is -0.479 e. The third kappa shape index (κ3) is 2.86. The van der Waals surface area contributed by atoms with Gasteiger partial charge in [0.2, 0.25) is 0 Å². The van der Waals surface area contributed by atoms with Crippen LogP contribution in [0.1, 0.15) is 37.6 Å². The first-order chi connectivity index (χ1) is 9.01. The fraction of sp³-hybridized carbons (Fsp3) is 0.429. The third-order valence-corrected chi connectivity index (χ3v) is 3.16. The zero-order valence-electron chi connectivity index (χ0n) is 11.3. The second-order valence-corrected chi connectivity index (χ2v) is 4.74. The molecule has 2 atom stereocenters. The Hall–Kier alpha value is -2.04. The Bertz CT molecular complexity index is 513. The van der Waals surface area contributed by atoms with Crippen molar-refractivity contribution in [2.45, 2.75) is 39.3 Å². The van der Waals surface area contributed by atoms with Gasteiger partial charge in [-0.3, -0.25) is 9.59 Å². The van der Waals surface area contributed by atoms with Crippen molar-refractivity contribution in [3.63, 3.8) is 0 Å². The molecule has 2 N–H and O–H groups in total. The summed E-state index contributed by atoms with van der Waals surface area (Å²) in [4.78, 5) is 23.5. The van der Waals surface area contributed by atoms with Crippen molar-refractivity contribution < 1.29 is 14.3 Å². The monoisotopic (exact) mass is 262 g/mol. The maximum absolute atomic E-state index is 12.0. The minimum absolute atomic E-state index is 0.120. The molecule has 5 nitrogen and oxygen atoms in total. The number of benzene rings is 1. The number of hydrogen-bond acceptors (Lipinski definition) is 3. The normalized spacial score (nSPS) is 18.9. The number of anilines is 1. The van der Waals surface area contributed by atoms with Crippen LogP contribution in [0.5, 0.6) is 5.75 Å². The molecule has 1 aromatic rings. The van der Waals surface area contributed by atoms with Gasteiger partial charge in [-0.15, -0.1) is 0 Å². The largest absolute Gasteiger partial charge is 0.479 e. The van der Waals surface area contributed by atoms with Crippen LogP contribution in [-0.4, -0.2) is 24.0 Å². The summed E-state index contributed by atoms with van der Waals surface area (Å²) >= 11 is 0. The summed E-state index contributed by atoms with van der Waals surface area (Å²) in [6.07, 6.45) is 0.362. The van der Waals surface area contributed by atoms with Gasteiger partial charge in [-0.1, -0.05) is 6.92 Å². The van der Waals surface area contributed by atoms with Crippen LogP contribution in [0.4, 0.5) is 5.69 Å². The molecular formula is C14H18N2O3. The lowest BCUT2D eigenvalue weighted by molar-refractivity contribution is -0.122. The molecule has 0 bridgehead atoms. The molecule has 5 heteroatoms. The molecule has 102 valence electrons. The molecule has 1 aromatic carbocycles. The average Bonchev–Trinajstić information content (AvgIpc) is 2.39. The van der Waals surface area contributed by atoms with Gasteiger partial charge in [0.25, 0.3) is 11.8 Å². The topological polar surface area (TPSA) is 67.4 Å². The second kappa shape index (κ2) is 5.30. The fourth-order valence-corrected chi connectivity index (χ4v) is 1.76. The average molecular weight is 262 g/mol. The van der Waals surface area contributed by atoms with Gasteiger partial charge < -0.3 is 15.4 Å². The van der Waals surface area contributed by atoms with Crippen molar-refractivity contribution in [3.8, 4) is 5.75 Å². The third-order valence-electron chi connectivity index (χ3n) is 3.16. The van der Waals surface area contributed by atoms with Crippen molar-refractivity contribution in [1.29, 1.82) is 0 Å². The van der Waals surface area contributed by atoms with E-state index >= 15 is 0 Å². The van der Waals surface area contributed by atoms with E-state index in [1.54, 1.807) is 25.1 Å². The van der Waals surface area contributed by atoms with Gasteiger partial charge >= 0.3 is 0 Å². The Kier molecular flexibility index (Phi) is 3.74. The van der Waals surface area contributed by atoms with Crippen molar-refractivity contribution in [2.24, 2.45) is 0 Å². The summed E-state index contributed by atoms with van der Waals surface area (Å²) in [6, 6.07) is 5.16. The van der Waals surface area contributed by atoms with E-state index in [2.05, 4.69) is 10.6 Å². The van der Waals surface area contributed by atoms with Crippen LogP contribution >= 0.6 is 0 Å². The molecule has 0 aliphatic carbocycles. The number of fused-ring (bicyclic) bond motifs is 1. The maximum Gasteiger partial charge on any atom is 0.265 e. The van der Waals surface area contributed by atoms with Gasteiger partial charge in [0.1, 0.15) is 5.75 Å². The van der Waals surface area contributed by atoms with Crippen molar-refractivity contribution in [2.75, 3.05) is 5.32 Å². The maximum atomic E-state index is 12.0. The van der Waals surface area contributed by atoms with Crippen LogP contribution in [0.2, 0.25) is 0 Å². The molecule has 1 heterocycles. The molecule has 19 heavy (non-hydrogen) atoms. The standard InChI is InChI=1S/C14H18N2O3/c1-4-8(2)15-14(18)10-5-6-12-11(7-10)16-13(17)9(3)19-12/h5-9H,4H2,1-3H3,(H,15,18)(H,16,17). The molecule has 0 spiro atoms. The summed E-state index contributed by atoms with van der Waals surface area (Å²) in [5.41, 5.74) is 1.05. The van der Waals surface area contributed by atoms with Gasteiger partial charge in [0.15, 0.2) is 6.10 Å². The Morgan fingerprint density at radius 3 is 2.95 bits per heavy atom. The van der Waals surface area contributed by atoms with Crippen molar-refractivity contribution >= 4 is 17.5 Å². The van der Waals surface area contributed by atoms with E-state index in [9.17, 15) is 9.59 Å². The number of carbonyl (C=O) groups excluding carboxylic acids is 2. The predicted octanol–water partition coefficient (Wildman–Crippen LogP) is 1.93. The summed E-state index contributed by atoms with van der Waals surface area (Å²) < 4.78 is 5.44. The van der Waals surface area contributed by atoms with E-state index in [1.807, 2.05) is 13.8 Å². The highest BCUT2D eigenvalue weighted by Gasteiger charge is 2.24. The molecule has 0 saturated carbocycles. The van der Waals surface area contributed by atoms with Gasteiger partial charge in [-0.25, -0.2) is 0 Å². The number of hydrogen-bond donors (Lipinski definition) is 2. The summed E-state index contributed by atoms with van der Waals surface area (Å²) in [5.74, 6) is 0.240. The molecular weight excluding hydrogens is 244 g/mol. The van der Waals surface area contributed by atoms with Gasteiger partial charge in [0, 0.05) is 11.6 Å². The summed E-state index contributed by atoms with van der Waals surface area (Å²) in [6.45, 7) is 5.64. The van der Waals surface area contributed by atoms with Gasteiger partial charge in [-0.05, 0) is 38.5 Å². The van der Waals surface area contributed by atoms with Crippen LogP contribution in [-0.2, 0) is 4.79 Å². The SMILES string of the molecule is CCC(C)NC(=O)c1ccc2c(c1)NC(=O)C(C)O2. The lowest BCUT2D eigenvalue weighted by Gasteiger charge is -2.23. The molecule has 1 aliphatic heterocycles. The van der Waals surface area contributed by atoms with E-state index in [1.165, 1.54) is 0 Å². The molecule has 0 radical (unpaired) electrons. The Balaban J connectivity index is 2.19. The summed E-state index contributed by atoms with van der Waals surface area (Å²) in [7, 11) is 0. The fourth-order valence-electron chi connectivity index (χ4n) is 1.76. The number of amides is 2. The van der Waals surface area contributed by atoms with Crippen LogP contribution in [0.15, 0.2) is 18.2 Å². The molecule has 1 aliphatic rings. The predicted molar refractivity (Wildman–Crippen MR) is 72.4 cm³/mol. The molecule has 2 rings (SSSR count). The Labute approximate surface area is 112 Å². The van der Waals surface area contributed by atoms with Crippen molar-refractivity contribution in [1.82, 2.24) is 5.32 Å².